The van der Waals surface area contributed by atoms with Crippen LogP contribution in [0.1, 0.15) is 58.8 Å². The number of hydrogen-bond acceptors (Lipinski definition) is 2. The third-order valence-electron chi connectivity index (χ3n) is 7.77. The van der Waals surface area contributed by atoms with Gasteiger partial charge in [0.05, 0.1) is 6.10 Å². The van der Waals surface area contributed by atoms with E-state index >= 15 is 0 Å². The Morgan fingerprint density at radius 2 is 1.86 bits per heavy atom. The smallest absolute Gasteiger partial charge is 0.119 e. The van der Waals surface area contributed by atoms with Gasteiger partial charge in [0.2, 0.25) is 0 Å². The normalized spacial score (nSPS) is 51.0. The lowest BCUT2D eigenvalue weighted by Crippen LogP contribution is -2.50. The predicted octanol–water partition coefficient (Wildman–Crippen LogP) is 4.06. The minimum Gasteiger partial charge on any atom is -0.400 e. The summed E-state index contributed by atoms with van der Waals surface area (Å²) < 4.78 is 14.2. The molecule has 0 aliphatic heterocycles. The second-order valence-corrected chi connectivity index (χ2v) is 8.63. The third-order valence-corrected chi connectivity index (χ3v) is 7.77. The van der Waals surface area contributed by atoms with E-state index in [1.807, 2.05) is 0 Å². The van der Waals surface area contributed by atoms with Gasteiger partial charge in [-0.15, -0.1) is 0 Å². The number of nitrogens with two attached hydrogens (primary N) is 1. The molecule has 0 unspecified atom stereocenters. The highest BCUT2D eigenvalue weighted by Crippen LogP contribution is 2.65. The van der Waals surface area contributed by atoms with Crippen LogP contribution in [0.15, 0.2) is 23.2 Å². The van der Waals surface area contributed by atoms with Crippen molar-refractivity contribution < 1.29 is 9.50 Å². The summed E-state index contributed by atoms with van der Waals surface area (Å²) in [5, 5.41) is 10.0. The molecule has 4 aliphatic rings. The summed E-state index contributed by atoms with van der Waals surface area (Å²) in [6.07, 6.45) is 8.81. The fraction of sp³-hybridized carbons (Fsp3) is 0.789. The van der Waals surface area contributed by atoms with E-state index in [0.717, 1.165) is 38.5 Å². The molecule has 2 fully saturated rings. The van der Waals surface area contributed by atoms with Gasteiger partial charge in [-0.3, -0.25) is 0 Å². The van der Waals surface area contributed by atoms with E-state index in [9.17, 15) is 9.50 Å². The summed E-state index contributed by atoms with van der Waals surface area (Å²) >= 11 is 0. The molecule has 6 atom stereocenters. The molecule has 0 heterocycles. The van der Waals surface area contributed by atoms with Crippen molar-refractivity contribution in [3.05, 3.63) is 23.2 Å². The number of allylic oxidation sites excluding steroid dienone is 3. The highest BCUT2D eigenvalue weighted by atomic mass is 19.1. The minimum atomic E-state index is -0.161. The molecule has 0 saturated heterocycles. The Hall–Kier alpha value is -0.830. The van der Waals surface area contributed by atoms with Crippen LogP contribution in [-0.4, -0.2) is 11.2 Å². The third kappa shape index (κ3) is 1.75. The van der Waals surface area contributed by atoms with Crippen molar-refractivity contribution in [3.8, 4) is 0 Å². The van der Waals surface area contributed by atoms with E-state index in [-0.39, 0.29) is 22.8 Å². The van der Waals surface area contributed by atoms with E-state index in [4.69, 9.17) is 5.73 Å². The van der Waals surface area contributed by atoms with E-state index in [1.54, 1.807) is 0 Å². The zero-order valence-electron chi connectivity index (χ0n) is 13.7. The first kappa shape index (κ1) is 14.7. The maximum atomic E-state index is 14.2. The number of aliphatic hydroxyl groups excluding tert-OH is 1. The molecule has 0 aromatic rings. The second-order valence-electron chi connectivity index (χ2n) is 8.63. The lowest BCUT2D eigenvalue weighted by molar-refractivity contribution is -0.0301. The first-order chi connectivity index (χ1) is 10.4. The highest BCUT2D eigenvalue weighted by Gasteiger charge is 2.57. The molecule has 3 N–H and O–H groups in total. The zero-order valence-corrected chi connectivity index (χ0v) is 13.7. The summed E-state index contributed by atoms with van der Waals surface area (Å²) in [5.41, 5.74) is 8.23. The fourth-order valence-electron chi connectivity index (χ4n) is 6.29. The molecule has 2 nitrogen and oxygen atoms in total. The molecular weight excluding hydrogens is 277 g/mol. The standard InChI is InChI=1S/C19H28FNO/c1-18-7-5-12(22)9-11(18)3-4-13-14(18)6-8-19(2)15(13)10-16(20)17(19)21/h3,12-15,22H,4-10,21H2,1-2H3/t12-,13+,14-,15-,18-,19-/m0/s1. The van der Waals surface area contributed by atoms with Crippen LogP contribution >= 0.6 is 0 Å². The molecule has 4 rings (SSSR count). The van der Waals surface area contributed by atoms with Crippen molar-refractivity contribution in [2.45, 2.75) is 64.9 Å². The number of hydrogen-bond donors (Lipinski definition) is 2. The maximum absolute atomic E-state index is 14.2. The van der Waals surface area contributed by atoms with Gasteiger partial charge in [0.15, 0.2) is 0 Å². The first-order valence-corrected chi connectivity index (χ1v) is 8.88. The molecule has 0 radical (unpaired) electrons. The molecule has 0 spiro atoms. The van der Waals surface area contributed by atoms with Crippen LogP contribution in [0.3, 0.4) is 0 Å². The molecule has 4 aliphatic carbocycles. The Bertz CT molecular complexity index is 568. The lowest BCUT2D eigenvalue weighted by Gasteiger charge is -2.57. The van der Waals surface area contributed by atoms with E-state index in [2.05, 4.69) is 19.9 Å². The van der Waals surface area contributed by atoms with Gasteiger partial charge < -0.3 is 10.8 Å². The van der Waals surface area contributed by atoms with Gasteiger partial charge in [0.1, 0.15) is 5.83 Å². The van der Waals surface area contributed by atoms with Crippen LogP contribution in [-0.2, 0) is 0 Å². The van der Waals surface area contributed by atoms with Crippen molar-refractivity contribution in [2.75, 3.05) is 0 Å². The van der Waals surface area contributed by atoms with Gasteiger partial charge in [-0.2, -0.15) is 0 Å². The topological polar surface area (TPSA) is 46.2 Å². The monoisotopic (exact) mass is 305 g/mol. The Morgan fingerprint density at radius 1 is 1.14 bits per heavy atom. The predicted molar refractivity (Wildman–Crippen MR) is 85.4 cm³/mol. The van der Waals surface area contributed by atoms with Gasteiger partial charge >= 0.3 is 0 Å². The van der Waals surface area contributed by atoms with Crippen molar-refractivity contribution in [2.24, 2.45) is 34.3 Å². The average molecular weight is 305 g/mol. The van der Waals surface area contributed by atoms with Crippen molar-refractivity contribution in [1.82, 2.24) is 0 Å². The van der Waals surface area contributed by atoms with E-state index in [1.165, 1.54) is 5.57 Å². The van der Waals surface area contributed by atoms with Crippen LogP contribution < -0.4 is 5.73 Å². The lowest BCUT2D eigenvalue weighted by atomic mass is 9.48. The highest BCUT2D eigenvalue weighted by molar-refractivity contribution is 5.30. The van der Waals surface area contributed by atoms with Crippen LogP contribution in [0.25, 0.3) is 0 Å². The Labute approximate surface area is 132 Å². The largest absolute Gasteiger partial charge is 0.400 e. The van der Waals surface area contributed by atoms with E-state index < -0.39 is 0 Å². The van der Waals surface area contributed by atoms with Gasteiger partial charge in [-0.1, -0.05) is 25.5 Å². The molecule has 122 valence electrons. The van der Waals surface area contributed by atoms with Gasteiger partial charge in [0.25, 0.3) is 0 Å². The molecular formula is C19H28FNO. The van der Waals surface area contributed by atoms with Crippen LogP contribution in [0.5, 0.6) is 0 Å². The summed E-state index contributed by atoms with van der Waals surface area (Å²) in [5.74, 6) is 1.51. The van der Waals surface area contributed by atoms with Crippen LogP contribution in [0.2, 0.25) is 0 Å². The van der Waals surface area contributed by atoms with Gasteiger partial charge in [-0.05, 0) is 61.7 Å². The number of rotatable bonds is 0. The minimum absolute atomic E-state index is 0.0489. The Kier molecular flexibility index (Phi) is 3.08. The van der Waals surface area contributed by atoms with Crippen LogP contribution in [0.4, 0.5) is 4.39 Å². The van der Waals surface area contributed by atoms with Crippen LogP contribution in [0, 0.1) is 28.6 Å². The summed E-state index contributed by atoms with van der Waals surface area (Å²) in [4.78, 5) is 0. The molecule has 3 heteroatoms. The molecule has 0 aromatic heterocycles. The van der Waals surface area contributed by atoms with Gasteiger partial charge in [0, 0.05) is 17.5 Å². The molecule has 0 amide bonds. The Morgan fingerprint density at radius 3 is 2.64 bits per heavy atom. The first-order valence-electron chi connectivity index (χ1n) is 8.88. The molecule has 22 heavy (non-hydrogen) atoms. The quantitative estimate of drug-likeness (QED) is 0.663. The second kappa shape index (κ2) is 4.59. The molecule has 0 aromatic carbocycles. The average Bonchev–Trinajstić information content (AvgIpc) is 2.72. The van der Waals surface area contributed by atoms with Gasteiger partial charge in [-0.25, -0.2) is 4.39 Å². The molecule has 2 saturated carbocycles. The number of fused-ring (bicyclic) bond motifs is 5. The maximum Gasteiger partial charge on any atom is 0.119 e. The number of aliphatic hydroxyl groups is 1. The summed E-state index contributed by atoms with van der Waals surface area (Å²) in [6.45, 7) is 4.58. The summed E-state index contributed by atoms with van der Waals surface area (Å²) in [6, 6.07) is 0. The SMILES string of the molecule is C[C@]12CC[C@H](O)CC1=CC[C@@H]1[C@@H]2CC[C@]2(C)C(N)=C(F)C[C@@H]12. The van der Waals surface area contributed by atoms with Crippen molar-refractivity contribution in [3.63, 3.8) is 0 Å². The van der Waals surface area contributed by atoms with Crippen molar-refractivity contribution >= 4 is 0 Å². The van der Waals surface area contributed by atoms with Crippen molar-refractivity contribution in [1.29, 1.82) is 0 Å². The number of halogens is 1. The fourth-order valence-corrected chi connectivity index (χ4v) is 6.29. The molecule has 0 bridgehead atoms. The zero-order chi connectivity index (χ0) is 15.7. The Balaban J connectivity index is 1.69. The summed E-state index contributed by atoms with van der Waals surface area (Å²) in [7, 11) is 0. The van der Waals surface area contributed by atoms with E-state index in [0.29, 0.717) is 29.9 Å².